The summed E-state index contributed by atoms with van der Waals surface area (Å²) < 4.78 is 0. The van der Waals surface area contributed by atoms with Crippen molar-refractivity contribution in [3.05, 3.63) is 17.8 Å². The molecule has 2 N–H and O–H groups in total. The average Bonchev–Trinajstić information content (AvgIpc) is 2.42. The molecule has 3 nitrogen and oxygen atoms in total. The number of anilines is 1. The van der Waals surface area contributed by atoms with Gasteiger partial charge in [0.15, 0.2) is 5.13 Å². The Morgan fingerprint density at radius 3 is 2.77 bits per heavy atom. The summed E-state index contributed by atoms with van der Waals surface area (Å²) in [7, 11) is 0. The third-order valence-corrected chi connectivity index (χ3v) is 2.68. The Bertz CT molecular complexity index is 433. The van der Waals surface area contributed by atoms with Crippen molar-refractivity contribution in [3.63, 3.8) is 0 Å². The van der Waals surface area contributed by atoms with E-state index in [0.29, 0.717) is 11.0 Å². The predicted molar refractivity (Wildman–Crippen MR) is 55.9 cm³/mol. The summed E-state index contributed by atoms with van der Waals surface area (Å²) in [5, 5.41) is 0.586. The van der Waals surface area contributed by atoms with Crippen LogP contribution < -0.4 is 5.73 Å². The van der Waals surface area contributed by atoms with Gasteiger partial charge >= 0.3 is 0 Å². The number of thiazole rings is 1. The molecule has 0 unspecified atom stereocenters. The smallest absolute Gasteiger partial charge is 0.182 e. The molecule has 0 atom stereocenters. The number of fused-ring (bicyclic) bond motifs is 1. The molecule has 0 bridgehead atoms. The van der Waals surface area contributed by atoms with Gasteiger partial charge in [-0.2, -0.15) is 0 Å². The van der Waals surface area contributed by atoms with E-state index in [4.69, 9.17) is 5.73 Å². The molecule has 0 aliphatic rings. The summed E-state index contributed by atoms with van der Waals surface area (Å²) in [4.78, 5) is 9.55. The van der Waals surface area contributed by atoms with E-state index in [2.05, 4.69) is 23.8 Å². The number of nitrogen functional groups attached to an aromatic ring is 1. The fourth-order valence-electron chi connectivity index (χ4n) is 1.17. The largest absolute Gasteiger partial charge is 0.375 e. The maximum Gasteiger partial charge on any atom is 0.182 e. The molecule has 2 rings (SSSR count). The van der Waals surface area contributed by atoms with Crippen LogP contribution in [0.4, 0.5) is 5.13 Å². The number of pyridine rings is 1. The molecule has 0 saturated carbocycles. The van der Waals surface area contributed by atoms with E-state index >= 15 is 0 Å². The second-order valence-electron chi connectivity index (χ2n) is 3.27. The standard InChI is InChI=1S/C9H11N3S/c1-5(2)6-3-4-7-8(11-6)13-9(10)12-7/h3-5H,1-2H3,(H2,10,12). The van der Waals surface area contributed by atoms with Crippen molar-refractivity contribution in [1.82, 2.24) is 9.97 Å². The van der Waals surface area contributed by atoms with Crippen LogP contribution >= 0.6 is 11.3 Å². The molecule has 2 heterocycles. The first-order valence-corrected chi connectivity index (χ1v) is 5.01. The Labute approximate surface area is 80.6 Å². The highest BCUT2D eigenvalue weighted by Gasteiger charge is 2.05. The average molecular weight is 193 g/mol. The lowest BCUT2D eigenvalue weighted by Gasteiger charge is -2.01. The van der Waals surface area contributed by atoms with E-state index in [1.807, 2.05) is 12.1 Å². The Hall–Kier alpha value is -1.16. The Morgan fingerprint density at radius 2 is 2.08 bits per heavy atom. The maximum atomic E-state index is 5.58. The quantitative estimate of drug-likeness (QED) is 0.756. The first-order valence-electron chi connectivity index (χ1n) is 4.20. The van der Waals surface area contributed by atoms with Crippen molar-refractivity contribution in [2.75, 3.05) is 5.73 Å². The molecule has 2 aromatic heterocycles. The monoisotopic (exact) mass is 193 g/mol. The van der Waals surface area contributed by atoms with E-state index in [1.54, 1.807) is 0 Å². The molecule has 0 saturated heterocycles. The lowest BCUT2D eigenvalue weighted by atomic mass is 10.1. The van der Waals surface area contributed by atoms with Crippen molar-refractivity contribution >= 4 is 26.8 Å². The van der Waals surface area contributed by atoms with Gasteiger partial charge in [-0.1, -0.05) is 25.2 Å². The minimum Gasteiger partial charge on any atom is -0.375 e. The van der Waals surface area contributed by atoms with Gasteiger partial charge < -0.3 is 5.73 Å². The van der Waals surface area contributed by atoms with Crippen molar-refractivity contribution < 1.29 is 0 Å². The van der Waals surface area contributed by atoms with E-state index in [1.165, 1.54) is 11.3 Å². The van der Waals surface area contributed by atoms with Gasteiger partial charge in [0.1, 0.15) is 10.3 Å². The Morgan fingerprint density at radius 1 is 1.31 bits per heavy atom. The van der Waals surface area contributed by atoms with Crippen LogP contribution in [0.3, 0.4) is 0 Å². The van der Waals surface area contributed by atoms with Crippen LogP contribution in [0.1, 0.15) is 25.5 Å². The van der Waals surface area contributed by atoms with Crippen LogP contribution in [0.15, 0.2) is 12.1 Å². The van der Waals surface area contributed by atoms with Crippen molar-refractivity contribution in [2.45, 2.75) is 19.8 Å². The van der Waals surface area contributed by atoms with Crippen LogP contribution in [-0.4, -0.2) is 9.97 Å². The van der Waals surface area contributed by atoms with E-state index in [0.717, 1.165) is 16.0 Å². The summed E-state index contributed by atoms with van der Waals surface area (Å²) in [6.45, 7) is 4.25. The zero-order valence-electron chi connectivity index (χ0n) is 7.61. The normalized spacial score (nSPS) is 11.3. The molecule has 2 aromatic rings. The summed E-state index contributed by atoms with van der Waals surface area (Å²) in [6, 6.07) is 3.98. The number of rotatable bonds is 1. The molecule has 0 amide bonds. The highest BCUT2D eigenvalue weighted by molar-refractivity contribution is 7.21. The van der Waals surface area contributed by atoms with Gasteiger partial charge in [0.05, 0.1) is 0 Å². The minimum absolute atomic E-state index is 0.452. The van der Waals surface area contributed by atoms with Crippen LogP contribution in [0.2, 0.25) is 0 Å². The molecule has 68 valence electrons. The number of nitrogens with two attached hydrogens (primary N) is 1. The van der Waals surface area contributed by atoms with Crippen LogP contribution in [0.25, 0.3) is 10.3 Å². The lowest BCUT2D eigenvalue weighted by Crippen LogP contribution is -1.90. The predicted octanol–water partition coefficient (Wildman–Crippen LogP) is 2.40. The fourth-order valence-corrected chi connectivity index (χ4v) is 1.88. The number of nitrogens with zero attached hydrogens (tertiary/aromatic N) is 2. The van der Waals surface area contributed by atoms with Gasteiger partial charge in [0, 0.05) is 5.69 Å². The second kappa shape index (κ2) is 2.96. The molecule has 4 heteroatoms. The highest BCUT2D eigenvalue weighted by Crippen LogP contribution is 2.23. The highest BCUT2D eigenvalue weighted by atomic mass is 32.1. The molecule has 13 heavy (non-hydrogen) atoms. The SMILES string of the molecule is CC(C)c1ccc2nc(N)sc2n1. The first kappa shape index (κ1) is 8.44. The van der Waals surface area contributed by atoms with Crippen molar-refractivity contribution in [3.8, 4) is 0 Å². The minimum atomic E-state index is 0.452. The Kier molecular flexibility index (Phi) is 1.92. The number of hydrogen-bond donors (Lipinski definition) is 1. The summed E-state index contributed by atoms with van der Waals surface area (Å²) >= 11 is 1.44. The molecule has 0 fully saturated rings. The van der Waals surface area contributed by atoms with E-state index in [9.17, 15) is 0 Å². The summed E-state index contributed by atoms with van der Waals surface area (Å²) in [6.07, 6.45) is 0. The van der Waals surface area contributed by atoms with Gasteiger partial charge in [-0.25, -0.2) is 9.97 Å². The zero-order chi connectivity index (χ0) is 9.42. The number of aromatic nitrogens is 2. The van der Waals surface area contributed by atoms with Gasteiger partial charge in [-0.05, 0) is 18.1 Å². The number of hydrogen-bond acceptors (Lipinski definition) is 4. The summed E-state index contributed by atoms with van der Waals surface area (Å²) in [5.41, 5.74) is 7.57. The molecule has 0 aromatic carbocycles. The second-order valence-corrected chi connectivity index (χ2v) is 4.28. The van der Waals surface area contributed by atoms with Crippen LogP contribution in [-0.2, 0) is 0 Å². The van der Waals surface area contributed by atoms with Crippen LogP contribution in [0, 0.1) is 0 Å². The Balaban J connectivity index is 2.61. The molecular formula is C9H11N3S. The maximum absolute atomic E-state index is 5.58. The third-order valence-electron chi connectivity index (χ3n) is 1.89. The van der Waals surface area contributed by atoms with Crippen molar-refractivity contribution in [2.24, 2.45) is 0 Å². The molecular weight excluding hydrogens is 182 g/mol. The van der Waals surface area contributed by atoms with Gasteiger partial charge in [-0.15, -0.1) is 0 Å². The van der Waals surface area contributed by atoms with Crippen LogP contribution in [0.5, 0.6) is 0 Å². The molecule has 0 aliphatic carbocycles. The summed E-state index contributed by atoms with van der Waals surface area (Å²) in [5.74, 6) is 0.452. The van der Waals surface area contributed by atoms with Crippen molar-refractivity contribution in [1.29, 1.82) is 0 Å². The van der Waals surface area contributed by atoms with Gasteiger partial charge in [-0.3, -0.25) is 0 Å². The van der Waals surface area contributed by atoms with Gasteiger partial charge in [0.25, 0.3) is 0 Å². The lowest BCUT2D eigenvalue weighted by molar-refractivity contribution is 0.831. The van der Waals surface area contributed by atoms with E-state index < -0.39 is 0 Å². The third kappa shape index (κ3) is 1.49. The zero-order valence-corrected chi connectivity index (χ0v) is 8.43. The molecule has 0 spiro atoms. The first-order chi connectivity index (χ1) is 6.16. The topological polar surface area (TPSA) is 51.8 Å². The fraction of sp³-hybridized carbons (Fsp3) is 0.333. The molecule has 0 aliphatic heterocycles. The molecule has 0 radical (unpaired) electrons. The van der Waals surface area contributed by atoms with Gasteiger partial charge in [0.2, 0.25) is 0 Å². The van der Waals surface area contributed by atoms with E-state index in [-0.39, 0.29) is 0 Å².